The first-order valence-corrected chi connectivity index (χ1v) is 5.67. The molecule has 0 aromatic heterocycles. The van der Waals surface area contributed by atoms with Gasteiger partial charge in [0.2, 0.25) is 0 Å². The first-order valence-electron chi connectivity index (χ1n) is 5.67. The van der Waals surface area contributed by atoms with Crippen LogP contribution in [0.4, 0.5) is 0 Å². The Kier molecular flexibility index (Phi) is 1.99. The molecule has 86 valence electrons. The van der Waals surface area contributed by atoms with Gasteiger partial charge < -0.3 is 4.74 Å². The van der Waals surface area contributed by atoms with Gasteiger partial charge in [-0.25, -0.2) is 4.99 Å². The maximum absolute atomic E-state index is 11.2. The fourth-order valence-electron chi connectivity index (χ4n) is 2.11. The largest absolute Gasteiger partial charge is 0.483 e. The molecular formula is C14H13NO2. The van der Waals surface area contributed by atoms with Crippen LogP contribution >= 0.6 is 0 Å². The van der Waals surface area contributed by atoms with E-state index in [1.165, 1.54) is 0 Å². The molecule has 0 atom stereocenters. The fraction of sp³-hybridized carbons (Fsp3) is 0.286. The van der Waals surface area contributed by atoms with E-state index in [0.717, 1.165) is 21.9 Å². The molecule has 1 aromatic carbocycles. The van der Waals surface area contributed by atoms with Crippen molar-refractivity contribution in [3.05, 3.63) is 46.5 Å². The molecular weight excluding hydrogens is 214 g/mol. The summed E-state index contributed by atoms with van der Waals surface area (Å²) in [4.78, 5) is 15.2. The molecule has 0 spiro atoms. The van der Waals surface area contributed by atoms with Gasteiger partial charge in [0.05, 0.1) is 11.8 Å². The Hall–Kier alpha value is -1.90. The van der Waals surface area contributed by atoms with E-state index in [4.69, 9.17) is 4.74 Å². The summed E-state index contributed by atoms with van der Waals surface area (Å²) in [6.07, 6.45) is 4.42. The van der Waals surface area contributed by atoms with Gasteiger partial charge in [-0.05, 0) is 49.8 Å². The maximum Gasteiger partial charge on any atom is 0.250 e. The number of fused-ring (bicyclic) bond motifs is 1. The van der Waals surface area contributed by atoms with Gasteiger partial charge in [-0.3, -0.25) is 4.79 Å². The smallest absolute Gasteiger partial charge is 0.250 e. The number of hydrogen-bond donors (Lipinski definition) is 0. The molecule has 0 unspecified atom stereocenters. The molecule has 0 fully saturated rings. The summed E-state index contributed by atoms with van der Waals surface area (Å²) in [5, 5.41) is 1.80. The summed E-state index contributed by atoms with van der Waals surface area (Å²) in [6, 6.07) is 5.82. The minimum atomic E-state index is -0.242. The molecule has 2 aliphatic rings. The van der Waals surface area contributed by atoms with Gasteiger partial charge in [0.1, 0.15) is 11.4 Å². The lowest BCUT2D eigenvalue weighted by Crippen LogP contribution is -2.19. The highest BCUT2D eigenvalue weighted by atomic mass is 16.5. The van der Waals surface area contributed by atoms with Crippen molar-refractivity contribution in [2.75, 3.05) is 0 Å². The quantitative estimate of drug-likeness (QED) is 0.659. The Morgan fingerprint density at radius 1 is 1.35 bits per heavy atom. The van der Waals surface area contributed by atoms with E-state index in [1.54, 1.807) is 0 Å². The second-order valence-corrected chi connectivity index (χ2v) is 4.93. The lowest BCUT2D eigenvalue weighted by Gasteiger charge is -2.16. The SMILES string of the molecule is CC1(C)C=C/C(=c2/ccc3c(c2)CC(=O)N=3)O1. The molecule has 2 heterocycles. The second kappa shape index (κ2) is 3.29. The lowest BCUT2D eigenvalue weighted by molar-refractivity contribution is -0.116. The Morgan fingerprint density at radius 3 is 2.88 bits per heavy atom. The third-order valence-corrected chi connectivity index (χ3v) is 2.96. The van der Waals surface area contributed by atoms with Crippen molar-refractivity contribution >= 4 is 11.7 Å². The van der Waals surface area contributed by atoms with E-state index in [0.29, 0.717) is 6.42 Å². The van der Waals surface area contributed by atoms with E-state index in [1.807, 2.05) is 44.2 Å². The zero-order valence-corrected chi connectivity index (χ0v) is 9.86. The third kappa shape index (κ3) is 1.78. The first-order chi connectivity index (χ1) is 8.03. The van der Waals surface area contributed by atoms with E-state index in [-0.39, 0.29) is 11.5 Å². The first kappa shape index (κ1) is 10.3. The maximum atomic E-state index is 11.2. The zero-order valence-electron chi connectivity index (χ0n) is 9.86. The minimum absolute atomic E-state index is 0.0645. The molecule has 17 heavy (non-hydrogen) atoms. The molecule has 0 bridgehead atoms. The van der Waals surface area contributed by atoms with Crippen LogP contribution in [0.5, 0.6) is 0 Å². The summed E-state index contributed by atoms with van der Waals surface area (Å²) >= 11 is 0. The molecule has 1 aromatic rings. The van der Waals surface area contributed by atoms with Gasteiger partial charge in [-0.2, -0.15) is 0 Å². The van der Waals surface area contributed by atoms with Gasteiger partial charge in [-0.15, -0.1) is 0 Å². The highest BCUT2D eigenvalue weighted by Crippen LogP contribution is 2.24. The summed E-state index contributed by atoms with van der Waals surface area (Å²) in [5.41, 5.74) is 0.746. The summed E-state index contributed by atoms with van der Waals surface area (Å²) in [6.45, 7) is 4.03. The number of rotatable bonds is 0. The minimum Gasteiger partial charge on any atom is -0.483 e. The summed E-state index contributed by atoms with van der Waals surface area (Å²) < 4.78 is 5.81. The van der Waals surface area contributed by atoms with Crippen molar-refractivity contribution in [3.8, 4) is 0 Å². The number of amides is 1. The van der Waals surface area contributed by atoms with Crippen molar-refractivity contribution < 1.29 is 9.53 Å². The topological polar surface area (TPSA) is 38.7 Å². The molecule has 3 heteroatoms. The molecule has 3 rings (SSSR count). The average Bonchev–Trinajstić information content (AvgIpc) is 2.78. The second-order valence-electron chi connectivity index (χ2n) is 4.93. The molecule has 3 nitrogen and oxygen atoms in total. The number of nitrogens with zero attached hydrogens (tertiary/aromatic N) is 1. The van der Waals surface area contributed by atoms with Crippen molar-refractivity contribution in [1.29, 1.82) is 0 Å². The number of carbonyl (C=O) groups excluding carboxylic acids is 1. The number of benzene rings is 1. The van der Waals surface area contributed by atoms with E-state index in [9.17, 15) is 4.79 Å². The number of hydrogen-bond acceptors (Lipinski definition) is 2. The fourth-order valence-corrected chi connectivity index (χ4v) is 2.11. The van der Waals surface area contributed by atoms with E-state index < -0.39 is 0 Å². The van der Waals surface area contributed by atoms with Crippen molar-refractivity contribution in [3.63, 3.8) is 0 Å². The molecule has 1 amide bonds. The normalized spacial score (nSPS) is 23.3. The van der Waals surface area contributed by atoms with Gasteiger partial charge in [0, 0.05) is 5.22 Å². The summed E-state index contributed by atoms with van der Waals surface area (Å²) in [5.74, 6) is 0.794. The highest BCUT2D eigenvalue weighted by Gasteiger charge is 2.22. The number of carbonyl (C=O) groups is 1. The van der Waals surface area contributed by atoms with Crippen LogP contribution in [0.2, 0.25) is 0 Å². The molecule has 0 N–H and O–H groups in total. The van der Waals surface area contributed by atoms with Crippen molar-refractivity contribution in [2.45, 2.75) is 25.9 Å². The average molecular weight is 227 g/mol. The molecule has 2 aliphatic heterocycles. The van der Waals surface area contributed by atoms with E-state index in [2.05, 4.69) is 4.99 Å². The van der Waals surface area contributed by atoms with Crippen molar-refractivity contribution in [1.82, 2.24) is 0 Å². The van der Waals surface area contributed by atoms with Crippen LogP contribution in [0.1, 0.15) is 19.4 Å². The third-order valence-electron chi connectivity index (χ3n) is 2.96. The predicted molar refractivity (Wildman–Crippen MR) is 63.6 cm³/mol. The molecule has 0 saturated heterocycles. The highest BCUT2D eigenvalue weighted by molar-refractivity contribution is 5.82. The summed E-state index contributed by atoms with van der Waals surface area (Å²) in [7, 11) is 0. The van der Waals surface area contributed by atoms with Crippen molar-refractivity contribution in [2.24, 2.45) is 4.99 Å². The molecule has 0 radical (unpaired) electrons. The zero-order chi connectivity index (χ0) is 12.0. The monoisotopic (exact) mass is 227 g/mol. The predicted octanol–water partition coefficient (Wildman–Crippen LogP) is 0.862. The molecule has 0 saturated carbocycles. The Labute approximate surface area is 99.1 Å². The van der Waals surface area contributed by atoms with Crippen LogP contribution in [0, 0.1) is 0 Å². The van der Waals surface area contributed by atoms with Crippen LogP contribution in [0.15, 0.2) is 35.3 Å². The van der Waals surface area contributed by atoms with E-state index >= 15 is 0 Å². The Balaban J connectivity index is 2.12. The van der Waals surface area contributed by atoms with Crippen LogP contribution in [-0.4, -0.2) is 11.5 Å². The van der Waals surface area contributed by atoms with Gasteiger partial charge in [0.25, 0.3) is 5.91 Å². The van der Waals surface area contributed by atoms with Crippen LogP contribution in [-0.2, 0) is 16.0 Å². The Morgan fingerprint density at radius 2 is 2.18 bits per heavy atom. The standard InChI is InChI=1S/C14H13NO2/c1-14(2)6-5-12(17-14)9-3-4-11-10(7-9)8-13(16)15-11/h3-7H,8H2,1-2H3/b12-9+. The van der Waals surface area contributed by atoms with Gasteiger partial charge >= 0.3 is 0 Å². The lowest BCUT2D eigenvalue weighted by atomic mass is 10.1. The number of ether oxygens (including phenoxy) is 1. The van der Waals surface area contributed by atoms with Crippen LogP contribution in [0.3, 0.4) is 0 Å². The van der Waals surface area contributed by atoms with Crippen LogP contribution < -0.4 is 10.6 Å². The van der Waals surface area contributed by atoms with Crippen LogP contribution in [0.25, 0.3) is 5.76 Å². The Bertz CT molecular complexity index is 653. The van der Waals surface area contributed by atoms with Gasteiger partial charge in [-0.1, -0.05) is 0 Å². The molecule has 0 aliphatic carbocycles. The van der Waals surface area contributed by atoms with Gasteiger partial charge in [0.15, 0.2) is 0 Å².